The lowest BCUT2D eigenvalue weighted by molar-refractivity contribution is -0.154. The van der Waals surface area contributed by atoms with E-state index in [0.717, 1.165) is 0 Å². The highest BCUT2D eigenvalue weighted by atomic mass is 79.9. The van der Waals surface area contributed by atoms with Crippen LogP contribution in [0.1, 0.15) is 39.6 Å². The van der Waals surface area contributed by atoms with Crippen molar-refractivity contribution in [3.05, 3.63) is 97.9 Å². The number of likely N-dealkylation sites (tertiary alicyclic amines) is 1. The number of ketones is 2. The number of Topliss-reactive ketones (excluding diaryl/α,β-unsaturated/α-hetero) is 2. The number of anilines is 1. The van der Waals surface area contributed by atoms with Gasteiger partial charge in [-0.1, -0.05) is 69.5 Å². The molecular weight excluding hydrogens is 663 g/mol. The lowest BCUT2D eigenvalue weighted by Gasteiger charge is -2.37. The van der Waals surface area contributed by atoms with Gasteiger partial charge in [0.15, 0.2) is 11.6 Å². The number of hydrogen-bond donors (Lipinski definition) is 2. The van der Waals surface area contributed by atoms with Gasteiger partial charge in [0.1, 0.15) is 5.54 Å². The molecule has 2 aliphatic rings. The SMILES string of the molecule is CCOC(=O)CN1C(CC(=O)c2ccc(Cl)c(Cl)c2)C(C(=O)c2ccc(Br)cc2)C(C(=O)O)C12C(=O)Nc1ccccc12. The number of fused-ring (bicyclic) bond motifs is 2. The lowest BCUT2D eigenvalue weighted by atomic mass is 9.72. The third-order valence-electron chi connectivity index (χ3n) is 7.95. The number of para-hydroxylation sites is 1. The zero-order chi connectivity index (χ0) is 31.1. The number of rotatable bonds is 9. The van der Waals surface area contributed by atoms with Crippen molar-refractivity contribution in [1.82, 2.24) is 4.90 Å². The second-order valence-electron chi connectivity index (χ2n) is 10.2. The van der Waals surface area contributed by atoms with Gasteiger partial charge in [-0.2, -0.15) is 0 Å². The summed E-state index contributed by atoms with van der Waals surface area (Å²) in [6, 6.07) is 16.0. The summed E-state index contributed by atoms with van der Waals surface area (Å²) in [7, 11) is 0. The van der Waals surface area contributed by atoms with Gasteiger partial charge in [-0.05, 0) is 43.3 Å². The molecule has 0 saturated carbocycles. The van der Waals surface area contributed by atoms with E-state index in [1.807, 2.05) is 0 Å². The van der Waals surface area contributed by atoms with Crippen LogP contribution in [0.5, 0.6) is 0 Å². The molecule has 2 heterocycles. The molecule has 3 aromatic carbocycles. The average molecular weight is 688 g/mol. The molecule has 1 amide bonds. The van der Waals surface area contributed by atoms with Gasteiger partial charge in [0, 0.05) is 39.3 Å². The van der Waals surface area contributed by atoms with Crippen LogP contribution in [0.2, 0.25) is 10.0 Å². The fraction of sp³-hybridized carbons (Fsp3) is 0.258. The monoisotopic (exact) mass is 686 g/mol. The summed E-state index contributed by atoms with van der Waals surface area (Å²) in [5.74, 6) is -7.06. The molecule has 1 spiro atoms. The minimum atomic E-state index is -2.01. The van der Waals surface area contributed by atoms with E-state index < -0.39 is 65.8 Å². The van der Waals surface area contributed by atoms with Crippen LogP contribution in [0.25, 0.3) is 0 Å². The predicted octanol–water partition coefficient (Wildman–Crippen LogP) is 5.62. The van der Waals surface area contributed by atoms with Crippen molar-refractivity contribution < 1.29 is 33.8 Å². The number of carbonyl (C=O) groups excluding carboxylic acids is 4. The van der Waals surface area contributed by atoms with Gasteiger partial charge in [-0.3, -0.25) is 28.9 Å². The van der Waals surface area contributed by atoms with E-state index >= 15 is 0 Å². The smallest absolute Gasteiger partial charge is 0.320 e. The molecule has 3 aromatic rings. The number of amides is 1. The number of halogens is 3. The minimum absolute atomic E-state index is 0.0267. The van der Waals surface area contributed by atoms with Crippen LogP contribution < -0.4 is 5.32 Å². The normalized spacial score (nSPS) is 22.7. The number of carboxylic acids is 1. The number of nitrogens with zero attached hydrogens (tertiary/aromatic N) is 1. The maximum absolute atomic E-state index is 14.3. The Hall–Kier alpha value is -3.57. The highest BCUT2D eigenvalue weighted by Crippen LogP contribution is 2.56. The number of hydrogen-bond acceptors (Lipinski definition) is 7. The van der Waals surface area contributed by atoms with Crippen LogP contribution in [0, 0.1) is 11.8 Å². The molecule has 222 valence electrons. The van der Waals surface area contributed by atoms with E-state index in [0.29, 0.717) is 10.2 Å². The number of nitrogens with one attached hydrogen (secondary N) is 1. The molecular formula is C31H25BrCl2N2O7. The molecule has 12 heteroatoms. The summed E-state index contributed by atoms with van der Waals surface area (Å²) < 4.78 is 5.91. The highest BCUT2D eigenvalue weighted by molar-refractivity contribution is 9.10. The van der Waals surface area contributed by atoms with Crippen LogP contribution >= 0.6 is 39.1 Å². The minimum Gasteiger partial charge on any atom is -0.481 e. The summed E-state index contributed by atoms with van der Waals surface area (Å²) >= 11 is 15.6. The molecule has 0 aromatic heterocycles. The molecule has 4 atom stereocenters. The number of carbonyl (C=O) groups is 5. The van der Waals surface area contributed by atoms with Crippen molar-refractivity contribution in [1.29, 1.82) is 0 Å². The predicted molar refractivity (Wildman–Crippen MR) is 162 cm³/mol. The number of aliphatic carboxylic acids is 1. The standard InChI is InChI=1S/C31H25BrCl2N2O7/c1-2-43-25(38)15-36-23(14-24(37)17-9-12-20(33)21(34)13-17)26(28(39)16-7-10-18(32)11-8-16)27(29(40)41)31(36)19-5-3-4-6-22(19)35-30(31)42/h3-13,23,26-27H,2,14-15H2,1H3,(H,35,42)(H,40,41). The van der Waals surface area contributed by atoms with Crippen LogP contribution in [-0.2, 0) is 24.7 Å². The van der Waals surface area contributed by atoms with Gasteiger partial charge in [-0.25, -0.2) is 0 Å². The third kappa shape index (κ3) is 5.37. The third-order valence-corrected chi connectivity index (χ3v) is 9.22. The molecule has 0 aliphatic carbocycles. The largest absolute Gasteiger partial charge is 0.481 e. The second kappa shape index (κ2) is 12.2. The Morgan fingerprint density at radius 1 is 1.00 bits per heavy atom. The summed E-state index contributed by atoms with van der Waals surface area (Å²) in [5.41, 5.74) is -1.02. The van der Waals surface area contributed by atoms with Crippen molar-refractivity contribution in [2.75, 3.05) is 18.5 Å². The topological polar surface area (TPSA) is 130 Å². The summed E-state index contributed by atoms with van der Waals surface area (Å²) in [5, 5.41) is 13.9. The number of ether oxygens (including phenoxy) is 1. The molecule has 0 radical (unpaired) electrons. The number of benzene rings is 3. The van der Waals surface area contributed by atoms with Gasteiger partial charge < -0.3 is 15.2 Å². The molecule has 2 aliphatic heterocycles. The molecule has 2 N–H and O–H groups in total. The molecule has 5 rings (SSSR count). The summed E-state index contributed by atoms with van der Waals surface area (Å²) in [4.78, 5) is 69.8. The number of esters is 1. The van der Waals surface area contributed by atoms with Crippen molar-refractivity contribution in [3.63, 3.8) is 0 Å². The zero-order valence-electron chi connectivity index (χ0n) is 22.7. The number of carboxylic acid groups (broad SMARTS) is 1. The molecule has 1 fully saturated rings. The van der Waals surface area contributed by atoms with Crippen molar-refractivity contribution in [2.45, 2.75) is 24.9 Å². The van der Waals surface area contributed by atoms with E-state index in [4.69, 9.17) is 27.9 Å². The van der Waals surface area contributed by atoms with E-state index in [1.54, 1.807) is 43.3 Å². The first-order valence-corrected chi connectivity index (χ1v) is 14.9. The fourth-order valence-corrected chi connectivity index (χ4v) is 6.80. The van der Waals surface area contributed by atoms with Crippen LogP contribution in [-0.4, -0.2) is 58.6 Å². The molecule has 43 heavy (non-hydrogen) atoms. The quantitative estimate of drug-likeness (QED) is 0.219. The Kier molecular flexibility index (Phi) is 8.76. The van der Waals surface area contributed by atoms with Gasteiger partial charge in [0.05, 0.1) is 35.0 Å². The summed E-state index contributed by atoms with van der Waals surface area (Å²) in [6.45, 7) is 1.09. The lowest BCUT2D eigenvalue weighted by Crippen LogP contribution is -2.55. The zero-order valence-corrected chi connectivity index (χ0v) is 25.8. The van der Waals surface area contributed by atoms with Crippen LogP contribution in [0.4, 0.5) is 5.69 Å². The second-order valence-corrected chi connectivity index (χ2v) is 12.0. The van der Waals surface area contributed by atoms with Gasteiger partial charge in [0.2, 0.25) is 0 Å². The van der Waals surface area contributed by atoms with Gasteiger partial charge in [0.25, 0.3) is 5.91 Å². The Labute approximate surface area is 265 Å². The Morgan fingerprint density at radius 3 is 2.33 bits per heavy atom. The maximum Gasteiger partial charge on any atom is 0.320 e. The van der Waals surface area contributed by atoms with E-state index in [9.17, 15) is 29.1 Å². The van der Waals surface area contributed by atoms with Gasteiger partial charge >= 0.3 is 11.9 Å². The molecule has 9 nitrogen and oxygen atoms in total. The molecule has 4 unspecified atom stereocenters. The average Bonchev–Trinajstić information content (AvgIpc) is 3.42. The van der Waals surface area contributed by atoms with Gasteiger partial charge in [-0.15, -0.1) is 0 Å². The van der Waals surface area contributed by atoms with Crippen LogP contribution in [0.15, 0.2) is 71.2 Å². The van der Waals surface area contributed by atoms with Crippen LogP contribution in [0.3, 0.4) is 0 Å². The summed E-state index contributed by atoms with van der Waals surface area (Å²) in [6.07, 6.45) is -0.411. The van der Waals surface area contributed by atoms with E-state index in [1.165, 1.54) is 35.2 Å². The van der Waals surface area contributed by atoms with Crippen molar-refractivity contribution in [3.8, 4) is 0 Å². The Bertz CT molecular complexity index is 1650. The molecule has 0 bridgehead atoms. The van der Waals surface area contributed by atoms with Crippen molar-refractivity contribution >= 4 is 74.2 Å². The Balaban J connectivity index is 1.74. The van der Waals surface area contributed by atoms with Crippen molar-refractivity contribution in [2.24, 2.45) is 11.8 Å². The first-order valence-electron chi connectivity index (χ1n) is 13.3. The van der Waals surface area contributed by atoms with E-state index in [2.05, 4.69) is 21.2 Å². The first-order chi connectivity index (χ1) is 20.5. The first kappa shape index (κ1) is 30.9. The Morgan fingerprint density at radius 2 is 1.67 bits per heavy atom. The van der Waals surface area contributed by atoms with E-state index in [-0.39, 0.29) is 33.3 Å². The highest BCUT2D eigenvalue weighted by Gasteiger charge is 2.70. The molecule has 1 saturated heterocycles. The maximum atomic E-state index is 14.3. The fourth-order valence-electron chi connectivity index (χ4n) is 6.24.